The molecule has 0 aliphatic rings. The van der Waals surface area contributed by atoms with Crippen LogP contribution in [0.4, 0.5) is 10.5 Å². The largest absolute Gasteiger partial charge is 0.444 e. The van der Waals surface area contributed by atoms with E-state index in [4.69, 9.17) is 16.3 Å². The Hall–Kier alpha value is -2.71. The number of amides is 3. The molecular formula is C35H52ClN3O4S. The molecule has 44 heavy (non-hydrogen) atoms. The topological polar surface area (TPSA) is 87.7 Å². The summed E-state index contributed by atoms with van der Waals surface area (Å²) in [6, 6.07) is 9.61. The van der Waals surface area contributed by atoms with Crippen molar-refractivity contribution in [2.24, 2.45) is 0 Å². The Morgan fingerprint density at radius 2 is 1.61 bits per heavy atom. The Labute approximate surface area is 274 Å². The van der Waals surface area contributed by atoms with Crippen LogP contribution < -0.4 is 10.6 Å². The number of anilines is 1. The third kappa shape index (κ3) is 12.4. The van der Waals surface area contributed by atoms with E-state index in [1.165, 1.54) is 6.42 Å². The summed E-state index contributed by atoms with van der Waals surface area (Å²) in [5, 5.41) is 6.29. The van der Waals surface area contributed by atoms with Gasteiger partial charge in [0.25, 0.3) is 5.91 Å². The smallest absolute Gasteiger partial charge is 0.408 e. The molecule has 9 heteroatoms. The SMILES string of the molecule is CCCCCCCCN(C(=O)C(CCSC)NC(=O)OC(C)(C)C)C(C(=O)Nc1c(C)cccc1Cl)c1cc(C)cc(C)c1. The van der Waals surface area contributed by atoms with Gasteiger partial charge in [0.15, 0.2) is 0 Å². The van der Waals surface area contributed by atoms with Crippen molar-refractivity contribution in [1.82, 2.24) is 10.2 Å². The number of para-hydroxylation sites is 1. The standard InChI is InChI=1S/C35H52ClN3O4S/c1-9-10-11-12-13-14-19-39(33(41)29(18-20-44-8)37-34(42)43-35(5,6)7)31(27-22-24(2)21-25(3)23-27)32(40)38-30-26(4)16-15-17-28(30)36/h15-17,21-23,29,31H,9-14,18-20H2,1-8H3,(H,37,42)(H,38,40). The minimum atomic E-state index is -0.940. The predicted octanol–water partition coefficient (Wildman–Crippen LogP) is 8.78. The molecule has 0 saturated carbocycles. The molecule has 0 spiro atoms. The van der Waals surface area contributed by atoms with Crippen LogP contribution in [0, 0.1) is 20.8 Å². The lowest BCUT2D eigenvalue weighted by Crippen LogP contribution is -2.53. The number of alkyl carbamates (subject to hydrolysis) is 1. The maximum atomic E-state index is 14.5. The van der Waals surface area contributed by atoms with Crippen molar-refractivity contribution in [2.75, 3.05) is 23.9 Å². The molecule has 2 aromatic rings. The number of rotatable bonds is 16. The van der Waals surface area contributed by atoms with Crippen LogP contribution in [0.1, 0.15) is 101 Å². The first-order valence-corrected chi connectivity index (χ1v) is 17.5. The van der Waals surface area contributed by atoms with E-state index >= 15 is 0 Å². The number of unbranched alkanes of at least 4 members (excludes halogenated alkanes) is 5. The van der Waals surface area contributed by atoms with E-state index in [0.29, 0.717) is 35.0 Å². The number of ether oxygens (including phenoxy) is 1. The van der Waals surface area contributed by atoms with Gasteiger partial charge in [-0.15, -0.1) is 0 Å². The first-order valence-electron chi connectivity index (χ1n) is 15.7. The molecule has 2 aromatic carbocycles. The Morgan fingerprint density at radius 3 is 2.20 bits per heavy atom. The van der Waals surface area contributed by atoms with Crippen molar-refractivity contribution in [3.8, 4) is 0 Å². The molecule has 0 bridgehead atoms. The molecule has 0 radical (unpaired) electrons. The first-order chi connectivity index (χ1) is 20.8. The van der Waals surface area contributed by atoms with Gasteiger partial charge < -0.3 is 20.3 Å². The minimum Gasteiger partial charge on any atom is -0.444 e. The number of benzene rings is 2. The van der Waals surface area contributed by atoms with E-state index in [9.17, 15) is 14.4 Å². The number of hydrogen-bond acceptors (Lipinski definition) is 5. The van der Waals surface area contributed by atoms with Crippen LogP contribution in [0.3, 0.4) is 0 Å². The molecule has 2 N–H and O–H groups in total. The maximum Gasteiger partial charge on any atom is 0.408 e. The number of carbonyl (C=O) groups is 3. The number of nitrogens with one attached hydrogen (secondary N) is 2. The molecule has 2 unspecified atom stereocenters. The van der Waals surface area contributed by atoms with Crippen molar-refractivity contribution in [3.63, 3.8) is 0 Å². The molecule has 2 rings (SSSR count). The predicted molar refractivity (Wildman–Crippen MR) is 185 cm³/mol. The van der Waals surface area contributed by atoms with Gasteiger partial charge in [-0.25, -0.2) is 4.79 Å². The minimum absolute atomic E-state index is 0.311. The molecule has 0 fully saturated rings. The Balaban J connectivity index is 2.59. The van der Waals surface area contributed by atoms with Gasteiger partial charge in [-0.2, -0.15) is 11.8 Å². The zero-order chi connectivity index (χ0) is 32.9. The summed E-state index contributed by atoms with van der Waals surface area (Å²) in [7, 11) is 0. The fraction of sp³-hybridized carbons (Fsp3) is 0.571. The lowest BCUT2D eigenvalue weighted by molar-refractivity contribution is -0.141. The molecule has 0 saturated heterocycles. The zero-order valence-electron chi connectivity index (χ0n) is 27.8. The van der Waals surface area contributed by atoms with E-state index in [2.05, 4.69) is 17.6 Å². The number of carbonyl (C=O) groups excluding carboxylic acids is 3. The average Bonchev–Trinajstić information content (AvgIpc) is 2.92. The van der Waals surface area contributed by atoms with Crippen LogP contribution in [0.2, 0.25) is 5.02 Å². The quantitative estimate of drug-likeness (QED) is 0.178. The second kappa shape index (κ2) is 18.3. The van der Waals surface area contributed by atoms with Crippen molar-refractivity contribution in [3.05, 3.63) is 63.7 Å². The van der Waals surface area contributed by atoms with Crippen LogP contribution in [0.25, 0.3) is 0 Å². The summed E-state index contributed by atoms with van der Waals surface area (Å²) < 4.78 is 5.52. The number of aryl methyl sites for hydroxylation is 3. The molecule has 7 nitrogen and oxygen atoms in total. The van der Waals surface area contributed by atoms with Crippen LogP contribution in [-0.4, -0.2) is 53.0 Å². The average molecular weight is 646 g/mol. The van der Waals surface area contributed by atoms with Crippen LogP contribution in [-0.2, 0) is 14.3 Å². The van der Waals surface area contributed by atoms with E-state index in [1.54, 1.807) is 43.5 Å². The summed E-state index contributed by atoms with van der Waals surface area (Å²) in [5.41, 5.74) is 3.32. The number of hydrogen-bond donors (Lipinski definition) is 2. The summed E-state index contributed by atoms with van der Waals surface area (Å²) in [5.74, 6) is -0.0175. The van der Waals surface area contributed by atoms with E-state index in [-0.39, 0.29) is 11.8 Å². The number of thioether (sulfide) groups is 1. The Morgan fingerprint density at radius 1 is 0.977 bits per heavy atom. The third-order valence-corrected chi connectivity index (χ3v) is 8.18. The maximum absolute atomic E-state index is 14.5. The van der Waals surface area contributed by atoms with Gasteiger partial charge in [0.05, 0.1) is 10.7 Å². The van der Waals surface area contributed by atoms with Gasteiger partial charge in [-0.1, -0.05) is 92.1 Å². The lowest BCUT2D eigenvalue weighted by Gasteiger charge is -2.35. The first kappa shape index (κ1) is 37.5. The van der Waals surface area contributed by atoms with E-state index in [1.807, 2.05) is 57.4 Å². The fourth-order valence-electron chi connectivity index (χ4n) is 5.19. The van der Waals surface area contributed by atoms with Crippen LogP contribution in [0.15, 0.2) is 36.4 Å². The highest BCUT2D eigenvalue weighted by atomic mass is 35.5. The van der Waals surface area contributed by atoms with Crippen LogP contribution in [0.5, 0.6) is 0 Å². The van der Waals surface area contributed by atoms with Crippen molar-refractivity contribution in [1.29, 1.82) is 0 Å². The highest BCUT2D eigenvalue weighted by Crippen LogP contribution is 2.31. The van der Waals surface area contributed by atoms with Gasteiger partial charge in [-0.05, 0) is 83.6 Å². The van der Waals surface area contributed by atoms with Gasteiger partial charge in [0, 0.05) is 6.54 Å². The molecule has 2 atom stereocenters. The second-order valence-corrected chi connectivity index (χ2v) is 13.9. The second-order valence-electron chi connectivity index (χ2n) is 12.5. The zero-order valence-corrected chi connectivity index (χ0v) is 29.4. The molecular weight excluding hydrogens is 594 g/mol. The molecule has 0 aliphatic carbocycles. The van der Waals surface area contributed by atoms with Gasteiger partial charge in [0.1, 0.15) is 17.7 Å². The van der Waals surface area contributed by atoms with Gasteiger partial charge in [0.2, 0.25) is 5.91 Å². The molecule has 0 heterocycles. The summed E-state index contributed by atoms with van der Waals surface area (Å²) in [6.07, 6.45) is 7.88. The van der Waals surface area contributed by atoms with Crippen molar-refractivity contribution in [2.45, 2.75) is 111 Å². The van der Waals surface area contributed by atoms with Crippen LogP contribution >= 0.6 is 23.4 Å². The molecule has 3 amide bonds. The Kier molecular flexibility index (Phi) is 15.6. The fourth-order valence-corrected chi connectivity index (χ4v) is 5.93. The normalized spacial score (nSPS) is 12.8. The number of halogens is 1. The highest BCUT2D eigenvalue weighted by molar-refractivity contribution is 7.98. The molecule has 0 aromatic heterocycles. The molecule has 0 aliphatic heterocycles. The van der Waals surface area contributed by atoms with Gasteiger partial charge in [-0.3, -0.25) is 9.59 Å². The van der Waals surface area contributed by atoms with E-state index in [0.717, 1.165) is 48.8 Å². The summed E-state index contributed by atoms with van der Waals surface area (Å²) >= 11 is 8.11. The van der Waals surface area contributed by atoms with Crippen molar-refractivity contribution < 1.29 is 19.1 Å². The van der Waals surface area contributed by atoms with Crippen molar-refractivity contribution >= 4 is 47.0 Å². The number of nitrogens with zero attached hydrogens (tertiary/aromatic N) is 1. The summed E-state index contributed by atoms with van der Waals surface area (Å²) in [6.45, 7) is 13.7. The highest BCUT2D eigenvalue weighted by Gasteiger charge is 2.36. The van der Waals surface area contributed by atoms with E-state index < -0.39 is 23.8 Å². The monoisotopic (exact) mass is 645 g/mol. The Bertz CT molecular complexity index is 1210. The summed E-state index contributed by atoms with van der Waals surface area (Å²) in [4.78, 5) is 43.4. The third-order valence-electron chi connectivity index (χ3n) is 7.23. The lowest BCUT2D eigenvalue weighted by atomic mass is 9.97. The van der Waals surface area contributed by atoms with Gasteiger partial charge >= 0.3 is 6.09 Å². The molecule has 244 valence electrons.